The number of hydrogen-bond donors (Lipinski definition) is 3. The summed E-state index contributed by atoms with van der Waals surface area (Å²) in [6, 6.07) is 12.8. The van der Waals surface area contributed by atoms with E-state index < -0.39 is 11.4 Å². The van der Waals surface area contributed by atoms with Gasteiger partial charge in [-0.25, -0.2) is 9.18 Å². The van der Waals surface area contributed by atoms with Crippen molar-refractivity contribution in [2.24, 2.45) is 5.73 Å². The van der Waals surface area contributed by atoms with Crippen LogP contribution in [0, 0.1) is 5.82 Å². The molecule has 4 N–H and O–H groups in total. The number of halogens is 1. The third-order valence-electron chi connectivity index (χ3n) is 4.94. The third-order valence-corrected chi connectivity index (χ3v) is 4.94. The smallest absolute Gasteiger partial charge is 0.316 e. The molecule has 0 aliphatic heterocycles. The molecule has 1 aliphatic carbocycles. The molecule has 26 heavy (non-hydrogen) atoms. The predicted octanol–water partition coefficient (Wildman–Crippen LogP) is 3.44. The van der Waals surface area contributed by atoms with Gasteiger partial charge in [0.1, 0.15) is 5.82 Å². The Labute approximate surface area is 151 Å². The first-order valence-corrected chi connectivity index (χ1v) is 8.69. The van der Waals surface area contributed by atoms with E-state index in [0.29, 0.717) is 12.2 Å². The molecule has 0 heterocycles. The fourth-order valence-electron chi connectivity index (χ4n) is 3.61. The molecule has 3 rings (SSSR count). The number of carbonyl (C=O) groups excluding carboxylic acids is 2. The van der Waals surface area contributed by atoms with Crippen LogP contribution in [0.3, 0.4) is 0 Å². The number of hydrogen-bond acceptors (Lipinski definition) is 2. The van der Waals surface area contributed by atoms with Gasteiger partial charge in [-0.05, 0) is 48.2 Å². The highest BCUT2D eigenvalue weighted by molar-refractivity contribution is 5.89. The summed E-state index contributed by atoms with van der Waals surface area (Å²) in [7, 11) is 0. The van der Waals surface area contributed by atoms with Crippen molar-refractivity contribution in [3.63, 3.8) is 0 Å². The molecule has 0 atom stereocenters. The van der Waals surface area contributed by atoms with Crippen LogP contribution in [0.4, 0.5) is 14.9 Å². The summed E-state index contributed by atoms with van der Waals surface area (Å²) in [5.41, 5.74) is 6.66. The van der Waals surface area contributed by atoms with Crippen LogP contribution < -0.4 is 16.4 Å². The Bertz CT molecular complexity index is 799. The van der Waals surface area contributed by atoms with E-state index in [2.05, 4.69) is 10.6 Å². The van der Waals surface area contributed by atoms with Crippen LogP contribution in [0.1, 0.15) is 36.8 Å². The highest BCUT2D eigenvalue weighted by atomic mass is 19.1. The van der Waals surface area contributed by atoms with Gasteiger partial charge in [-0.15, -0.1) is 0 Å². The minimum atomic E-state index is -0.657. The summed E-state index contributed by atoms with van der Waals surface area (Å²) in [4.78, 5) is 23.8. The number of anilines is 1. The number of urea groups is 1. The molecular formula is C20H22FN3O2. The molecule has 6 heteroatoms. The molecule has 0 spiro atoms. The molecule has 2 aromatic rings. The molecule has 2 aromatic carbocycles. The first kappa shape index (κ1) is 17.9. The average molecular weight is 355 g/mol. The Morgan fingerprint density at radius 2 is 1.77 bits per heavy atom. The fourth-order valence-corrected chi connectivity index (χ4v) is 3.61. The summed E-state index contributed by atoms with van der Waals surface area (Å²) >= 11 is 0. The van der Waals surface area contributed by atoms with E-state index in [1.807, 2.05) is 18.2 Å². The van der Waals surface area contributed by atoms with Crippen molar-refractivity contribution in [3.8, 4) is 0 Å². The Balaban J connectivity index is 1.70. The molecule has 0 unspecified atom stereocenters. The minimum Gasteiger partial charge on any atom is -0.351 e. The second kappa shape index (κ2) is 7.56. The number of rotatable bonds is 5. The van der Waals surface area contributed by atoms with Gasteiger partial charge in [-0.2, -0.15) is 0 Å². The maximum Gasteiger partial charge on any atom is 0.316 e. The van der Waals surface area contributed by atoms with E-state index >= 15 is 0 Å². The monoisotopic (exact) mass is 355 g/mol. The average Bonchev–Trinajstić information content (AvgIpc) is 3.11. The maximum absolute atomic E-state index is 13.7. The predicted molar refractivity (Wildman–Crippen MR) is 98.0 cm³/mol. The van der Waals surface area contributed by atoms with Crippen LogP contribution in [0.2, 0.25) is 0 Å². The second-order valence-corrected chi connectivity index (χ2v) is 6.67. The standard InChI is InChI=1S/C20H22FN3O2/c21-16-5-3-4-15(12-16)20(10-1-2-11-20)18(25)23-13-14-6-8-17(9-7-14)24-19(22)26/h3-9,12H,1-2,10-11,13H2,(H,23,25)(H3,22,24,26). The second-order valence-electron chi connectivity index (χ2n) is 6.67. The summed E-state index contributed by atoms with van der Waals surface area (Å²) in [6.45, 7) is 0.368. The summed E-state index contributed by atoms with van der Waals surface area (Å²) in [5.74, 6) is -0.390. The molecule has 0 aromatic heterocycles. The highest BCUT2D eigenvalue weighted by Gasteiger charge is 2.42. The minimum absolute atomic E-state index is 0.0695. The van der Waals surface area contributed by atoms with Gasteiger partial charge in [-0.1, -0.05) is 37.1 Å². The van der Waals surface area contributed by atoms with Crippen LogP contribution in [0.25, 0.3) is 0 Å². The quantitative estimate of drug-likeness (QED) is 0.767. The fraction of sp³-hybridized carbons (Fsp3) is 0.300. The van der Waals surface area contributed by atoms with Gasteiger partial charge in [-0.3, -0.25) is 4.79 Å². The largest absolute Gasteiger partial charge is 0.351 e. The highest BCUT2D eigenvalue weighted by Crippen LogP contribution is 2.41. The van der Waals surface area contributed by atoms with Crippen molar-refractivity contribution in [1.29, 1.82) is 0 Å². The lowest BCUT2D eigenvalue weighted by Crippen LogP contribution is -2.42. The van der Waals surface area contributed by atoms with Crippen LogP contribution in [-0.2, 0) is 16.8 Å². The van der Waals surface area contributed by atoms with Crippen molar-refractivity contribution in [1.82, 2.24) is 5.32 Å². The summed E-state index contributed by atoms with van der Waals surface area (Å²) in [5, 5.41) is 5.48. The van der Waals surface area contributed by atoms with Crippen molar-refractivity contribution in [2.45, 2.75) is 37.6 Å². The van der Waals surface area contributed by atoms with Crippen LogP contribution in [0.15, 0.2) is 48.5 Å². The van der Waals surface area contributed by atoms with E-state index in [4.69, 9.17) is 5.73 Å². The summed E-state index contributed by atoms with van der Waals surface area (Å²) < 4.78 is 13.7. The SMILES string of the molecule is NC(=O)Nc1ccc(CNC(=O)C2(c3cccc(F)c3)CCCC2)cc1. The topological polar surface area (TPSA) is 84.2 Å². The van der Waals surface area contributed by atoms with Crippen molar-refractivity contribution < 1.29 is 14.0 Å². The van der Waals surface area contributed by atoms with E-state index in [0.717, 1.165) is 36.8 Å². The lowest BCUT2D eigenvalue weighted by molar-refractivity contribution is -0.126. The van der Waals surface area contributed by atoms with Gasteiger partial charge in [0.05, 0.1) is 5.41 Å². The van der Waals surface area contributed by atoms with E-state index in [-0.39, 0.29) is 11.7 Å². The molecule has 1 fully saturated rings. The molecule has 3 amide bonds. The van der Waals surface area contributed by atoms with Crippen LogP contribution in [-0.4, -0.2) is 11.9 Å². The zero-order valence-corrected chi connectivity index (χ0v) is 14.4. The van der Waals surface area contributed by atoms with Crippen molar-refractivity contribution in [2.75, 3.05) is 5.32 Å². The lowest BCUT2D eigenvalue weighted by atomic mass is 9.78. The molecule has 5 nitrogen and oxygen atoms in total. The number of benzene rings is 2. The van der Waals surface area contributed by atoms with Gasteiger partial charge in [0.25, 0.3) is 0 Å². The Hall–Kier alpha value is -2.89. The van der Waals surface area contributed by atoms with Gasteiger partial charge in [0.15, 0.2) is 0 Å². The van der Waals surface area contributed by atoms with Crippen LogP contribution >= 0.6 is 0 Å². The Morgan fingerprint density at radius 3 is 2.38 bits per heavy atom. The van der Waals surface area contributed by atoms with Gasteiger partial charge >= 0.3 is 6.03 Å². The molecule has 0 radical (unpaired) electrons. The Kier molecular flexibility index (Phi) is 5.21. The number of nitrogens with one attached hydrogen (secondary N) is 2. The Morgan fingerprint density at radius 1 is 1.08 bits per heavy atom. The third kappa shape index (κ3) is 3.85. The molecule has 136 valence electrons. The lowest BCUT2D eigenvalue weighted by Gasteiger charge is -2.28. The van der Waals surface area contributed by atoms with Gasteiger partial charge < -0.3 is 16.4 Å². The van der Waals surface area contributed by atoms with Crippen LogP contribution in [0.5, 0.6) is 0 Å². The molecular weight excluding hydrogens is 333 g/mol. The molecule has 0 bridgehead atoms. The summed E-state index contributed by atoms with van der Waals surface area (Å²) in [6.07, 6.45) is 3.36. The first-order valence-electron chi connectivity index (χ1n) is 8.69. The zero-order valence-electron chi connectivity index (χ0n) is 14.4. The van der Waals surface area contributed by atoms with E-state index in [9.17, 15) is 14.0 Å². The van der Waals surface area contributed by atoms with Crippen molar-refractivity contribution >= 4 is 17.6 Å². The van der Waals surface area contributed by atoms with Crippen molar-refractivity contribution in [3.05, 3.63) is 65.5 Å². The molecule has 1 saturated carbocycles. The zero-order chi connectivity index (χ0) is 18.6. The van der Waals surface area contributed by atoms with E-state index in [1.165, 1.54) is 12.1 Å². The van der Waals surface area contributed by atoms with Gasteiger partial charge in [0, 0.05) is 12.2 Å². The number of primary amides is 1. The maximum atomic E-state index is 13.7. The van der Waals surface area contributed by atoms with E-state index in [1.54, 1.807) is 18.2 Å². The number of carbonyl (C=O) groups is 2. The molecule has 0 saturated heterocycles. The number of amides is 3. The number of nitrogens with two attached hydrogens (primary N) is 1. The molecule has 1 aliphatic rings. The van der Waals surface area contributed by atoms with Gasteiger partial charge in [0.2, 0.25) is 5.91 Å². The first-order chi connectivity index (χ1) is 12.5. The normalized spacial score (nSPS) is 15.4.